The minimum atomic E-state index is -2.06. The van der Waals surface area contributed by atoms with E-state index in [0.29, 0.717) is 71.8 Å². The van der Waals surface area contributed by atoms with E-state index in [-0.39, 0.29) is 36.4 Å². The molecule has 5 heterocycles. The van der Waals surface area contributed by atoms with Gasteiger partial charge in [-0.15, -0.1) is 11.3 Å². The van der Waals surface area contributed by atoms with Gasteiger partial charge < -0.3 is 30.5 Å². The monoisotopic (exact) mass is 797 g/mol. The van der Waals surface area contributed by atoms with E-state index >= 15 is 0 Å². The number of aromatic nitrogens is 5. The second-order valence-electron chi connectivity index (χ2n) is 13.9. The lowest BCUT2D eigenvalue weighted by Gasteiger charge is -2.32. The van der Waals surface area contributed by atoms with E-state index in [0.717, 1.165) is 34.8 Å². The minimum absolute atomic E-state index is 0.106. The molecule has 1 saturated heterocycles. The summed E-state index contributed by atoms with van der Waals surface area (Å²) in [5.74, 6) is -2.32. The molecule has 0 aliphatic carbocycles. The third kappa shape index (κ3) is 7.91. The number of hydrogen-bond donors (Lipinski definition) is 3. The topological polar surface area (TPSA) is 183 Å². The van der Waals surface area contributed by atoms with Gasteiger partial charge in [-0.25, -0.2) is 23.4 Å². The molecule has 0 saturated carbocycles. The zero-order valence-corrected chi connectivity index (χ0v) is 31.2. The van der Waals surface area contributed by atoms with Crippen molar-refractivity contribution in [3.63, 3.8) is 0 Å². The quantitative estimate of drug-likeness (QED) is 0.162. The van der Waals surface area contributed by atoms with Gasteiger partial charge in [0.25, 0.3) is 11.5 Å². The summed E-state index contributed by atoms with van der Waals surface area (Å²) in [6, 6.07) is 19.5. The summed E-state index contributed by atoms with van der Waals surface area (Å²) in [7, 11) is 0. The van der Waals surface area contributed by atoms with Crippen molar-refractivity contribution in [3.05, 3.63) is 118 Å². The number of halogens is 2. The maximum atomic E-state index is 14.7. The molecular formula is C39H37F2N9O6S. The Morgan fingerprint density at radius 1 is 1.04 bits per heavy atom. The molecule has 18 heteroatoms. The summed E-state index contributed by atoms with van der Waals surface area (Å²) in [4.78, 5) is 52.9. The van der Waals surface area contributed by atoms with Crippen LogP contribution in [-0.2, 0) is 21.7 Å². The lowest BCUT2D eigenvalue weighted by Crippen LogP contribution is -2.46. The van der Waals surface area contributed by atoms with Crippen molar-refractivity contribution in [2.75, 3.05) is 50.0 Å². The molecule has 294 valence electrons. The number of nitrogens with zero attached hydrogens (tertiary/aromatic N) is 7. The van der Waals surface area contributed by atoms with E-state index in [4.69, 9.17) is 15.2 Å². The first kappa shape index (κ1) is 37.7. The number of piperidine rings is 1. The maximum absolute atomic E-state index is 14.7. The Morgan fingerprint density at radius 2 is 1.84 bits per heavy atom. The molecule has 2 aliphatic heterocycles. The number of fused-ring (bicyclic) bond motifs is 2. The van der Waals surface area contributed by atoms with Crippen molar-refractivity contribution in [2.24, 2.45) is 0 Å². The Balaban J connectivity index is 0.910. The second kappa shape index (κ2) is 15.7. The number of carbonyl (C=O) groups excluding carboxylic acids is 2. The number of aliphatic hydroxyl groups is 1. The van der Waals surface area contributed by atoms with E-state index in [1.54, 1.807) is 12.1 Å². The third-order valence-corrected chi connectivity index (χ3v) is 11.0. The number of esters is 1. The van der Waals surface area contributed by atoms with Gasteiger partial charge in [-0.3, -0.25) is 23.9 Å². The fourth-order valence-corrected chi connectivity index (χ4v) is 8.09. The van der Waals surface area contributed by atoms with Crippen molar-refractivity contribution < 1.29 is 33.0 Å². The Morgan fingerprint density at radius 3 is 2.60 bits per heavy atom. The van der Waals surface area contributed by atoms with Crippen molar-refractivity contribution >= 4 is 50.8 Å². The standard InChI is InChI=1S/C39H37F2N9O6S/c40-24-6-8-28(29(41)16-24)39(54,20-48-23-43-22-44-48)21-56-34(51)19-47-12-10-25(11-13-47)45-36(52)33-18-31-37(57-33)46-35(42)38(53)50(31)27-7-9-32-30(17-27)49(14-15-55-32)26-4-2-1-3-5-26/h1-9,16-18,22-23,25,54H,10-15,19-21H2,(H2,42,46)(H,45,52). The summed E-state index contributed by atoms with van der Waals surface area (Å²) < 4.78 is 42.4. The maximum Gasteiger partial charge on any atom is 0.320 e. The van der Waals surface area contributed by atoms with Gasteiger partial charge in [0.1, 0.15) is 53.7 Å². The molecule has 15 nitrogen and oxygen atoms in total. The Hall–Kier alpha value is -6.24. The summed E-state index contributed by atoms with van der Waals surface area (Å²) >= 11 is 1.13. The third-order valence-electron chi connectivity index (χ3n) is 10.0. The van der Waals surface area contributed by atoms with Crippen molar-refractivity contribution in [1.82, 2.24) is 34.5 Å². The Kier molecular flexibility index (Phi) is 10.4. The Bertz CT molecular complexity index is 2490. The zero-order chi connectivity index (χ0) is 39.7. The average Bonchev–Trinajstić information content (AvgIpc) is 3.88. The van der Waals surface area contributed by atoms with Crippen LogP contribution in [0.25, 0.3) is 16.0 Å². The number of benzene rings is 3. The lowest BCUT2D eigenvalue weighted by atomic mass is 9.94. The summed E-state index contributed by atoms with van der Waals surface area (Å²) in [5, 5.41) is 18.4. The molecule has 0 radical (unpaired) electrons. The Labute approximate surface area is 327 Å². The van der Waals surface area contributed by atoms with E-state index in [1.165, 1.54) is 21.9 Å². The van der Waals surface area contributed by atoms with Crippen LogP contribution in [0.2, 0.25) is 0 Å². The number of nitrogen functional groups attached to an aromatic ring is 1. The SMILES string of the molecule is Nc1nc2sc(C(=O)NC3CCN(CC(=O)OCC(O)(Cn4cncn4)c4ccc(F)cc4F)CC3)cc2n(-c2ccc3c(c2)N(c2ccccc2)CCO3)c1=O. The van der Waals surface area contributed by atoms with E-state index in [9.17, 15) is 28.3 Å². The molecular weight excluding hydrogens is 761 g/mol. The van der Waals surface area contributed by atoms with Crippen LogP contribution >= 0.6 is 11.3 Å². The fourth-order valence-electron chi connectivity index (χ4n) is 7.16. The molecule has 0 spiro atoms. The molecule has 3 aromatic carbocycles. The van der Waals surface area contributed by atoms with Gasteiger partial charge in [-0.1, -0.05) is 24.3 Å². The van der Waals surface area contributed by atoms with Crippen molar-refractivity contribution in [2.45, 2.75) is 31.0 Å². The average molecular weight is 798 g/mol. The van der Waals surface area contributed by atoms with Gasteiger partial charge in [-0.2, -0.15) is 5.10 Å². The number of ether oxygens (including phenoxy) is 2. The van der Waals surface area contributed by atoms with E-state index in [1.807, 2.05) is 47.4 Å². The highest BCUT2D eigenvalue weighted by molar-refractivity contribution is 7.20. The van der Waals surface area contributed by atoms with Crippen LogP contribution in [-0.4, -0.2) is 91.6 Å². The summed E-state index contributed by atoms with van der Waals surface area (Å²) in [6.45, 7) is 1.02. The van der Waals surface area contributed by atoms with Gasteiger partial charge in [0.05, 0.1) is 41.4 Å². The number of likely N-dealkylation sites (tertiary alicyclic amines) is 1. The first-order valence-corrected chi connectivity index (χ1v) is 19.0. The van der Waals surface area contributed by atoms with Gasteiger partial charge >= 0.3 is 5.97 Å². The van der Waals surface area contributed by atoms with Crippen molar-refractivity contribution in [3.8, 4) is 11.4 Å². The van der Waals surface area contributed by atoms with Crippen LogP contribution in [0.5, 0.6) is 5.75 Å². The molecule has 6 aromatic rings. The number of hydrogen-bond acceptors (Lipinski definition) is 13. The van der Waals surface area contributed by atoms with Crippen LogP contribution in [0.4, 0.5) is 26.0 Å². The lowest BCUT2D eigenvalue weighted by molar-refractivity contribution is -0.155. The van der Waals surface area contributed by atoms with Crippen LogP contribution < -0.4 is 26.2 Å². The molecule has 1 unspecified atom stereocenters. The van der Waals surface area contributed by atoms with Crippen LogP contribution in [0.1, 0.15) is 28.1 Å². The number of carbonyl (C=O) groups is 2. The zero-order valence-electron chi connectivity index (χ0n) is 30.4. The summed E-state index contributed by atoms with van der Waals surface area (Å²) in [5.41, 5.74) is 6.05. The number of para-hydroxylation sites is 1. The van der Waals surface area contributed by atoms with Gasteiger partial charge in [0.15, 0.2) is 5.82 Å². The largest absolute Gasteiger partial charge is 0.490 e. The smallest absolute Gasteiger partial charge is 0.320 e. The van der Waals surface area contributed by atoms with Crippen LogP contribution in [0.15, 0.2) is 90.2 Å². The normalized spacial score (nSPS) is 15.8. The molecule has 1 fully saturated rings. The van der Waals surface area contributed by atoms with Crippen LogP contribution in [0.3, 0.4) is 0 Å². The van der Waals surface area contributed by atoms with Crippen molar-refractivity contribution in [1.29, 1.82) is 0 Å². The summed E-state index contributed by atoms with van der Waals surface area (Å²) in [6.07, 6.45) is 3.62. The molecule has 57 heavy (non-hydrogen) atoms. The molecule has 2 aliphatic rings. The van der Waals surface area contributed by atoms with E-state index < -0.39 is 35.4 Å². The highest BCUT2D eigenvalue weighted by atomic mass is 32.1. The van der Waals surface area contributed by atoms with Gasteiger partial charge in [0, 0.05) is 36.4 Å². The number of thiophene rings is 1. The predicted molar refractivity (Wildman–Crippen MR) is 207 cm³/mol. The highest BCUT2D eigenvalue weighted by Crippen LogP contribution is 2.38. The molecule has 1 amide bonds. The first-order chi connectivity index (χ1) is 27.5. The van der Waals surface area contributed by atoms with Gasteiger partial charge in [-0.05, 0) is 55.3 Å². The van der Waals surface area contributed by atoms with E-state index in [2.05, 4.69) is 25.3 Å². The highest BCUT2D eigenvalue weighted by Gasteiger charge is 2.36. The molecule has 3 aromatic heterocycles. The molecule has 8 rings (SSSR count). The number of nitrogens with two attached hydrogens (primary N) is 1. The van der Waals surface area contributed by atoms with Crippen LogP contribution in [0, 0.1) is 11.6 Å². The number of anilines is 3. The predicted octanol–water partition coefficient (Wildman–Crippen LogP) is 3.76. The molecule has 4 N–H and O–H groups in total. The fraction of sp³-hybridized carbons (Fsp3) is 0.282. The number of amides is 1. The minimum Gasteiger partial charge on any atom is -0.490 e. The molecule has 1 atom stereocenters. The van der Waals surface area contributed by atoms with Gasteiger partial charge in [0.2, 0.25) is 0 Å². The first-order valence-electron chi connectivity index (χ1n) is 18.2. The number of rotatable bonds is 11. The number of nitrogens with one attached hydrogen (secondary N) is 1. The molecule has 0 bridgehead atoms. The second-order valence-corrected chi connectivity index (χ2v) is 14.9.